The number of rotatable bonds is 2. The zero-order valence-corrected chi connectivity index (χ0v) is 8.94. The van der Waals surface area contributed by atoms with Crippen molar-refractivity contribution in [3.8, 4) is 11.5 Å². The number of benzene rings is 1. The van der Waals surface area contributed by atoms with E-state index in [0.717, 1.165) is 16.5 Å². The second kappa shape index (κ2) is 3.64. The van der Waals surface area contributed by atoms with E-state index in [9.17, 15) is 0 Å². The Hall–Kier alpha value is -1.81. The Kier molecular flexibility index (Phi) is 2.15. The van der Waals surface area contributed by atoms with Gasteiger partial charge in [0.1, 0.15) is 17.7 Å². The average molecular weight is 235 g/mol. The molecule has 0 aliphatic rings. The summed E-state index contributed by atoms with van der Waals surface area (Å²) in [6.45, 7) is 0. The first-order valence-electron chi connectivity index (χ1n) is 4.73. The molecule has 0 saturated carbocycles. The molecule has 80 valence electrons. The van der Waals surface area contributed by atoms with Crippen LogP contribution in [0.5, 0.6) is 0 Å². The maximum atomic E-state index is 5.60. The van der Waals surface area contributed by atoms with Gasteiger partial charge < -0.3 is 8.83 Å². The fourth-order valence-electron chi connectivity index (χ4n) is 1.56. The molecule has 1 aromatic carbocycles. The van der Waals surface area contributed by atoms with Crippen molar-refractivity contribution in [2.45, 2.75) is 5.88 Å². The van der Waals surface area contributed by atoms with Crippen LogP contribution >= 0.6 is 11.6 Å². The predicted molar refractivity (Wildman–Crippen MR) is 59.1 cm³/mol. The van der Waals surface area contributed by atoms with Crippen LogP contribution in [-0.2, 0) is 5.88 Å². The Balaban J connectivity index is 2.18. The lowest BCUT2D eigenvalue weighted by Crippen LogP contribution is -1.75. The van der Waals surface area contributed by atoms with Crippen molar-refractivity contribution < 1.29 is 8.83 Å². The number of hydrogen-bond acceptors (Lipinski definition) is 4. The molecule has 0 radical (unpaired) electrons. The number of alkyl halides is 1. The van der Waals surface area contributed by atoms with Crippen LogP contribution < -0.4 is 0 Å². The molecule has 0 saturated heterocycles. The molecule has 0 aliphatic carbocycles. The highest BCUT2D eigenvalue weighted by Gasteiger charge is 2.13. The Morgan fingerprint density at radius 2 is 2.06 bits per heavy atom. The highest BCUT2D eigenvalue weighted by atomic mass is 35.5. The SMILES string of the molecule is ClCc1nnc(-c2coc3ccccc23)o1. The van der Waals surface area contributed by atoms with Gasteiger partial charge in [-0.25, -0.2) is 0 Å². The average Bonchev–Trinajstić information content (AvgIpc) is 2.94. The smallest absolute Gasteiger partial charge is 0.251 e. The van der Waals surface area contributed by atoms with Gasteiger partial charge in [-0.1, -0.05) is 18.2 Å². The molecule has 3 aromatic rings. The van der Waals surface area contributed by atoms with E-state index in [1.807, 2.05) is 24.3 Å². The molecule has 0 bridgehead atoms. The first-order chi connectivity index (χ1) is 7.88. The zero-order valence-electron chi connectivity index (χ0n) is 8.18. The molecular formula is C11H7ClN2O2. The van der Waals surface area contributed by atoms with Gasteiger partial charge in [0.05, 0.1) is 5.56 Å². The van der Waals surface area contributed by atoms with E-state index >= 15 is 0 Å². The summed E-state index contributed by atoms with van der Waals surface area (Å²) in [6.07, 6.45) is 1.61. The van der Waals surface area contributed by atoms with Crippen molar-refractivity contribution >= 4 is 22.6 Å². The molecule has 0 atom stereocenters. The molecule has 3 rings (SSSR count). The largest absolute Gasteiger partial charge is 0.463 e. The summed E-state index contributed by atoms with van der Waals surface area (Å²) < 4.78 is 10.8. The lowest BCUT2D eigenvalue weighted by Gasteiger charge is -1.89. The summed E-state index contributed by atoms with van der Waals surface area (Å²) >= 11 is 5.60. The number of nitrogens with zero attached hydrogens (tertiary/aromatic N) is 2. The minimum Gasteiger partial charge on any atom is -0.463 e. The van der Waals surface area contributed by atoms with E-state index < -0.39 is 0 Å². The second-order valence-electron chi connectivity index (χ2n) is 3.28. The Morgan fingerprint density at radius 1 is 1.19 bits per heavy atom. The molecule has 16 heavy (non-hydrogen) atoms. The normalized spacial score (nSPS) is 11.1. The van der Waals surface area contributed by atoms with Crippen LogP contribution in [0.25, 0.3) is 22.4 Å². The van der Waals surface area contributed by atoms with E-state index in [1.54, 1.807) is 6.26 Å². The minimum atomic E-state index is 0.211. The quantitative estimate of drug-likeness (QED) is 0.639. The third-order valence-electron chi connectivity index (χ3n) is 2.29. The standard InChI is InChI=1S/C11H7ClN2O2/c12-5-10-13-14-11(16-10)8-6-15-9-4-2-1-3-7(8)9/h1-4,6H,5H2. The van der Waals surface area contributed by atoms with E-state index in [4.69, 9.17) is 20.4 Å². The molecule has 2 aromatic heterocycles. The first kappa shape index (κ1) is 9.42. The number of hydrogen-bond donors (Lipinski definition) is 0. The fourth-order valence-corrected chi connectivity index (χ4v) is 1.67. The van der Waals surface area contributed by atoms with Crippen LogP contribution in [0.2, 0.25) is 0 Å². The topological polar surface area (TPSA) is 52.1 Å². The van der Waals surface area contributed by atoms with E-state index in [1.165, 1.54) is 0 Å². The van der Waals surface area contributed by atoms with Gasteiger partial charge in [0, 0.05) is 5.39 Å². The van der Waals surface area contributed by atoms with Crippen molar-refractivity contribution in [3.05, 3.63) is 36.4 Å². The van der Waals surface area contributed by atoms with Gasteiger partial charge in [0.15, 0.2) is 0 Å². The van der Waals surface area contributed by atoms with Crippen molar-refractivity contribution in [2.24, 2.45) is 0 Å². The third kappa shape index (κ3) is 1.39. The van der Waals surface area contributed by atoms with Gasteiger partial charge in [-0.05, 0) is 6.07 Å². The maximum Gasteiger partial charge on any atom is 0.251 e. The number of aromatic nitrogens is 2. The van der Waals surface area contributed by atoms with E-state index in [-0.39, 0.29) is 5.88 Å². The highest BCUT2D eigenvalue weighted by Crippen LogP contribution is 2.29. The number of para-hydroxylation sites is 1. The monoisotopic (exact) mass is 234 g/mol. The van der Waals surface area contributed by atoms with E-state index in [0.29, 0.717) is 11.8 Å². The van der Waals surface area contributed by atoms with Crippen molar-refractivity contribution in [1.82, 2.24) is 10.2 Å². The van der Waals surface area contributed by atoms with Gasteiger partial charge >= 0.3 is 0 Å². The Labute approximate surface area is 95.8 Å². The molecule has 0 spiro atoms. The van der Waals surface area contributed by atoms with Crippen LogP contribution in [0.4, 0.5) is 0 Å². The number of halogens is 1. The molecular weight excluding hydrogens is 228 g/mol. The van der Waals surface area contributed by atoms with Crippen molar-refractivity contribution in [1.29, 1.82) is 0 Å². The summed E-state index contributed by atoms with van der Waals surface area (Å²) in [4.78, 5) is 0. The summed E-state index contributed by atoms with van der Waals surface area (Å²) in [7, 11) is 0. The molecule has 2 heterocycles. The molecule has 0 N–H and O–H groups in total. The first-order valence-corrected chi connectivity index (χ1v) is 5.27. The van der Waals surface area contributed by atoms with Gasteiger partial charge in [0.25, 0.3) is 5.89 Å². The molecule has 0 fully saturated rings. The summed E-state index contributed by atoms with van der Waals surface area (Å²) in [5, 5.41) is 8.68. The van der Waals surface area contributed by atoms with Gasteiger partial charge in [-0.15, -0.1) is 21.8 Å². The Morgan fingerprint density at radius 3 is 2.88 bits per heavy atom. The Bertz CT molecular complexity index is 629. The molecule has 4 nitrogen and oxygen atoms in total. The molecule has 0 unspecified atom stereocenters. The lowest BCUT2D eigenvalue weighted by atomic mass is 10.2. The number of fused-ring (bicyclic) bond motifs is 1. The lowest BCUT2D eigenvalue weighted by molar-refractivity contribution is 0.526. The van der Waals surface area contributed by atoms with Crippen LogP contribution in [0, 0.1) is 0 Å². The minimum absolute atomic E-state index is 0.211. The van der Waals surface area contributed by atoms with Crippen molar-refractivity contribution in [3.63, 3.8) is 0 Å². The summed E-state index contributed by atoms with van der Waals surface area (Å²) in [6, 6.07) is 7.67. The zero-order chi connectivity index (χ0) is 11.0. The van der Waals surface area contributed by atoms with Crippen LogP contribution in [0.1, 0.15) is 5.89 Å². The van der Waals surface area contributed by atoms with Gasteiger partial charge in [0.2, 0.25) is 5.89 Å². The van der Waals surface area contributed by atoms with Crippen LogP contribution in [0.3, 0.4) is 0 Å². The predicted octanol–water partition coefficient (Wildman–Crippen LogP) is 3.22. The molecule has 0 aliphatic heterocycles. The molecule has 0 amide bonds. The maximum absolute atomic E-state index is 5.60. The van der Waals surface area contributed by atoms with Gasteiger partial charge in [-0.3, -0.25) is 0 Å². The summed E-state index contributed by atoms with van der Waals surface area (Å²) in [5.41, 5.74) is 1.59. The highest BCUT2D eigenvalue weighted by molar-refractivity contribution is 6.16. The van der Waals surface area contributed by atoms with Crippen molar-refractivity contribution in [2.75, 3.05) is 0 Å². The summed E-state index contributed by atoms with van der Waals surface area (Å²) in [5.74, 6) is 1.05. The third-order valence-corrected chi connectivity index (χ3v) is 2.52. The van der Waals surface area contributed by atoms with Crippen LogP contribution in [0.15, 0.2) is 39.4 Å². The van der Waals surface area contributed by atoms with Crippen LogP contribution in [-0.4, -0.2) is 10.2 Å². The second-order valence-corrected chi connectivity index (χ2v) is 3.55. The van der Waals surface area contributed by atoms with E-state index in [2.05, 4.69) is 10.2 Å². The number of furan rings is 1. The molecule has 5 heteroatoms. The van der Waals surface area contributed by atoms with Gasteiger partial charge in [-0.2, -0.15) is 0 Å². The fraction of sp³-hybridized carbons (Fsp3) is 0.0909.